The zero-order valence-electron chi connectivity index (χ0n) is 13.7. The van der Waals surface area contributed by atoms with Crippen LogP contribution in [0.5, 0.6) is 5.75 Å². The molecular weight excluding hydrogens is 320 g/mol. The van der Waals surface area contributed by atoms with Gasteiger partial charge in [0.2, 0.25) is 0 Å². The molecule has 0 aliphatic rings. The van der Waals surface area contributed by atoms with Crippen LogP contribution in [-0.4, -0.2) is 39.1 Å². The molecule has 1 amide bonds. The van der Waals surface area contributed by atoms with Crippen molar-refractivity contribution in [2.45, 2.75) is 6.54 Å². The molecule has 3 rings (SSSR count). The van der Waals surface area contributed by atoms with E-state index >= 15 is 0 Å². The van der Waals surface area contributed by atoms with Crippen LogP contribution in [0.3, 0.4) is 0 Å². The first-order chi connectivity index (χ1) is 12.2. The Balaban J connectivity index is 1.72. The highest BCUT2D eigenvalue weighted by molar-refractivity contribution is 5.96. The zero-order chi connectivity index (χ0) is 17.6. The molecule has 3 aromatic rings. The van der Waals surface area contributed by atoms with E-state index in [0.717, 1.165) is 11.3 Å². The molecule has 2 aromatic heterocycles. The van der Waals surface area contributed by atoms with Crippen molar-refractivity contribution in [2.75, 3.05) is 19.4 Å². The van der Waals surface area contributed by atoms with E-state index in [1.54, 1.807) is 25.8 Å². The van der Waals surface area contributed by atoms with Crippen molar-refractivity contribution in [1.82, 2.24) is 24.8 Å². The highest BCUT2D eigenvalue weighted by atomic mass is 16.5. The first kappa shape index (κ1) is 16.4. The Hall–Kier alpha value is -3.42. The van der Waals surface area contributed by atoms with E-state index in [1.165, 1.54) is 0 Å². The van der Waals surface area contributed by atoms with Crippen LogP contribution in [0.2, 0.25) is 0 Å². The third-order valence-corrected chi connectivity index (χ3v) is 3.62. The van der Waals surface area contributed by atoms with Crippen LogP contribution in [0, 0.1) is 0 Å². The number of carbonyl (C=O) groups excluding carboxylic acids is 1. The fraction of sp³-hybridized carbons (Fsp3) is 0.176. The molecule has 0 saturated carbocycles. The summed E-state index contributed by atoms with van der Waals surface area (Å²) in [6.07, 6.45) is 6.73. The van der Waals surface area contributed by atoms with Crippen LogP contribution in [0.25, 0.3) is 11.3 Å². The third-order valence-electron chi connectivity index (χ3n) is 3.62. The second kappa shape index (κ2) is 7.43. The average molecular weight is 338 g/mol. The summed E-state index contributed by atoms with van der Waals surface area (Å²) in [5, 5.41) is 2.78. The maximum atomic E-state index is 12.3. The molecule has 25 heavy (non-hydrogen) atoms. The lowest BCUT2D eigenvalue weighted by atomic mass is 10.1. The number of ether oxygens (including phenoxy) is 1. The molecule has 1 aromatic carbocycles. The predicted octanol–water partition coefficient (Wildman–Crippen LogP) is 1.36. The Morgan fingerprint density at radius 1 is 1.32 bits per heavy atom. The van der Waals surface area contributed by atoms with Gasteiger partial charge in [0, 0.05) is 31.0 Å². The first-order valence-corrected chi connectivity index (χ1v) is 7.68. The molecule has 0 atom stereocenters. The third kappa shape index (κ3) is 3.92. The smallest absolute Gasteiger partial charge is 0.273 e. The van der Waals surface area contributed by atoms with Gasteiger partial charge in [-0.05, 0) is 24.3 Å². The number of methoxy groups -OCH3 is 1. The van der Waals surface area contributed by atoms with Crippen LogP contribution in [0.1, 0.15) is 10.5 Å². The number of anilines is 1. The number of nitrogens with zero attached hydrogens (tertiary/aromatic N) is 4. The molecule has 0 radical (unpaired) electrons. The molecule has 8 nitrogen and oxygen atoms in total. The van der Waals surface area contributed by atoms with Crippen molar-refractivity contribution in [3.05, 3.63) is 54.9 Å². The van der Waals surface area contributed by atoms with Crippen molar-refractivity contribution < 1.29 is 9.53 Å². The predicted molar refractivity (Wildman–Crippen MR) is 93.0 cm³/mol. The van der Waals surface area contributed by atoms with Crippen molar-refractivity contribution in [1.29, 1.82) is 0 Å². The molecule has 0 aliphatic carbocycles. The number of nitrogens with one attached hydrogen (secondary N) is 1. The summed E-state index contributed by atoms with van der Waals surface area (Å²) in [4.78, 5) is 24.7. The number of rotatable bonds is 6. The van der Waals surface area contributed by atoms with Crippen molar-refractivity contribution in [3.63, 3.8) is 0 Å². The lowest BCUT2D eigenvalue weighted by molar-refractivity contribution is 0.0948. The summed E-state index contributed by atoms with van der Waals surface area (Å²) in [6, 6.07) is 7.33. The molecule has 2 heterocycles. The Morgan fingerprint density at radius 3 is 2.80 bits per heavy atom. The molecule has 3 N–H and O–H groups in total. The van der Waals surface area contributed by atoms with Gasteiger partial charge in [-0.2, -0.15) is 0 Å². The first-order valence-electron chi connectivity index (χ1n) is 7.68. The normalized spacial score (nSPS) is 10.4. The topological polar surface area (TPSA) is 108 Å². The van der Waals surface area contributed by atoms with Crippen molar-refractivity contribution >= 4 is 11.7 Å². The number of hydrogen-bond acceptors (Lipinski definition) is 6. The Morgan fingerprint density at radius 2 is 2.12 bits per heavy atom. The van der Waals surface area contributed by atoms with Crippen LogP contribution >= 0.6 is 0 Å². The molecule has 0 saturated heterocycles. The lowest BCUT2D eigenvalue weighted by Crippen LogP contribution is -2.29. The highest BCUT2D eigenvalue weighted by Crippen LogP contribution is 2.21. The molecule has 0 spiro atoms. The summed E-state index contributed by atoms with van der Waals surface area (Å²) in [7, 11) is 1.60. The monoisotopic (exact) mass is 338 g/mol. The maximum Gasteiger partial charge on any atom is 0.273 e. The molecular formula is C17H18N6O2. The van der Waals surface area contributed by atoms with Crippen LogP contribution in [-0.2, 0) is 6.54 Å². The minimum Gasteiger partial charge on any atom is -0.497 e. The average Bonchev–Trinajstić information content (AvgIpc) is 3.15. The Kier molecular flexibility index (Phi) is 4.89. The van der Waals surface area contributed by atoms with Gasteiger partial charge in [0.25, 0.3) is 5.91 Å². The quantitative estimate of drug-likeness (QED) is 0.702. The molecule has 0 aliphatic heterocycles. The standard InChI is InChI=1S/C17H18N6O2/c1-25-13-4-2-12(3-5-13)14-10-21-16(18)15(22-14)17(24)20-7-9-23-8-6-19-11-23/h2-6,8,10-11H,7,9H2,1H3,(H2,18,21)(H,20,24). The Labute approximate surface area is 144 Å². The summed E-state index contributed by atoms with van der Waals surface area (Å²) in [5.74, 6) is 0.475. The SMILES string of the molecule is COc1ccc(-c2cnc(N)c(C(=O)NCCn3ccnc3)n2)cc1. The fourth-order valence-electron chi connectivity index (χ4n) is 2.27. The lowest BCUT2D eigenvalue weighted by Gasteiger charge is -2.09. The molecule has 0 fully saturated rings. The van der Waals surface area contributed by atoms with E-state index in [9.17, 15) is 4.79 Å². The number of aromatic nitrogens is 4. The van der Waals surface area contributed by atoms with Crippen LogP contribution < -0.4 is 15.8 Å². The summed E-state index contributed by atoms with van der Waals surface area (Å²) >= 11 is 0. The van der Waals surface area contributed by atoms with Gasteiger partial charge in [-0.1, -0.05) is 0 Å². The number of imidazole rings is 1. The van der Waals surface area contributed by atoms with E-state index in [2.05, 4.69) is 20.3 Å². The number of benzene rings is 1. The van der Waals surface area contributed by atoms with Crippen LogP contribution in [0.15, 0.2) is 49.2 Å². The fourth-order valence-corrected chi connectivity index (χ4v) is 2.27. The van der Waals surface area contributed by atoms with Crippen molar-refractivity contribution in [2.24, 2.45) is 0 Å². The second-order valence-electron chi connectivity index (χ2n) is 5.27. The molecule has 8 heteroatoms. The molecule has 0 bridgehead atoms. The molecule has 128 valence electrons. The minimum absolute atomic E-state index is 0.0948. The van der Waals surface area contributed by atoms with Gasteiger partial charge in [-0.3, -0.25) is 4.79 Å². The largest absolute Gasteiger partial charge is 0.497 e. The van der Waals surface area contributed by atoms with Gasteiger partial charge < -0.3 is 20.4 Å². The molecule has 0 unspecified atom stereocenters. The second-order valence-corrected chi connectivity index (χ2v) is 5.27. The van der Waals surface area contributed by atoms with E-state index in [0.29, 0.717) is 18.8 Å². The highest BCUT2D eigenvalue weighted by Gasteiger charge is 2.14. The van der Waals surface area contributed by atoms with E-state index in [-0.39, 0.29) is 17.4 Å². The van der Waals surface area contributed by atoms with E-state index in [1.807, 2.05) is 35.0 Å². The number of nitrogen functional groups attached to an aromatic ring is 1. The van der Waals surface area contributed by atoms with E-state index < -0.39 is 0 Å². The van der Waals surface area contributed by atoms with Crippen molar-refractivity contribution in [3.8, 4) is 17.0 Å². The number of nitrogens with two attached hydrogens (primary N) is 1. The Bertz CT molecular complexity index is 846. The number of hydrogen-bond donors (Lipinski definition) is 2. The summed E-state index contributed by atoms with van der Waals surface area (Å²) in [5.41, 5.74) is 7.31. The van der Waals surface area contributed by atoms with E-state index in [4.69, 9.17) is 10.5 Å². The van der Waals surface area contributed by atoms with Gasteiger partial charge in [-0.15, -0.1) is 0 Å². The van der Waals surface area contributed by atoms with Crippen LogP contribution in [0.4, 0.5) is 5.82 Å². The van der Waals surface area contributed by atoms with Gasteiger partial charge in [-0.25, -0.2) is 15.0 Å². The summed E-state index contributed by atoms with van der Waals surface area (Å²) in [6.45, 7) is 1.04. The maximum absolute atomic E-state index is 12.3. The van der Waals surface area contributed by atoms with Gasteiger partial charge in [0.05, 0.1) is 25.3 Å². The number of amides is 1. The minimum atomic E-state index is -0.361. The zero-order valence-corrected chi connectivity index (χ0v) is 13.7. The van der Waals surface area contributed by atoms with Gasteiger partial charge in [0.15, 0.2) is 11.5 Å². The van der Waals surface area contributed by atoms with Gasteiger partial charge in [0.1, 0.15) is 5.75 Å². The van der Waals surface area contributed by atoms with Gasteiger partial charge >= 0.3 is 0 Å². The number of carbonyl (C=O) groups is 1. The summed E-state index contributed by atoms with van der Waals surface area (Å²) < 4.78 is 7.00.